The van der Waals surface area contributed by atoms with Crippen molar-refractivity contribution in [3.63, 3.8) is 0 Å². The van der Waals surface area contributed by atoms with Gasteiger partial charge in [-0.05, 0) is 18.9 Å². The van der Waals surface area contributed by atoms with E-state index in [1.807, 2.05) is 0 Å². The predicted molar refractivity (Wildman–Crippen MR) is 97.7 cm³/mol. The Morgan fingerprint density at radius 1 is 1.21 bits per heavy atom. The van der Waals surface area contributed by atoms with Gasteiger partial charge < -0.3 is 19.3 Å². The fourth-order valence-electron chi connectivity index (χ4n) is 3.80. The maximum Gasteiger partial charge on any atom is 0.245 e. The third-order valence-electron chi connectivity index (χ3n) is 5.31. The van der Waals surface area contributed by atoms with Crippen LogP contribution in [0.3, 0.4) is 0 Å². The molecule has 28 heavy (non-hydrogen) atoms. The summed E-state index contributed by atoms with van der Waals surface area (Å²) in [4.78, 5) is 28.0. The fourth-order valence-corrected chi connectivity index (χ4v) is 3.80. The van der Waals surface area contributed by atoms with Crippen LogP contribution in [0, 0.1) is 17.6 Å². The van der Waals surface area contributed by atoms with E-state index in [-0.39, 0.29) is 42.2 Å². The molecule has 0 bridgehead atoms. The van der Waals surface area contributed by atoms with Crippen molar-refractivity contribution in [1.29, 1.82) is 0 Å². The van der Waals surface area contributed by atoms with Gasteiger partial charge in [-0.3, -0.25) is 9.59 Å². The molecule has 0 spiro atoms. The van der Waals surface area contributed by atoms with Crippen molar-refractivity contribution >= 4 is 11.8 Å². The van der Waals surface area contributed by atoms with Gasteiger partial charge in [0.05, 0.1) is 25.8 Å². The lowest BCUT2D eigenvalue weighted by atomic mass is 9.94. The van der Waals surface area contributed by atoms with Crippen molar-refractivity contribution in [2.24, 2.45) is 5.92 Å². The Morgan fingerprint density at radius 3 is 2.57 bits per heavy atom. The highest BCUT2D eigenvalue weighted by molar-refractivity contribution is 5.87. The smallest absolute Gasteiger partial charge is 0.245 e. The summed E-state index contributed by atoms with van der Waals surface area (Å²) in [5.74, 6) is -1.77. The number of methoxy groups -OCH3 is 1. The van der Waals surface area contributed by atoms with Gasteiger partial charge >= 0.3 is 0 Å². The summed E-state index contributed by atoms with van der Waals surface area (Å²) >= 11 is 0. The van der Waals surface area contributed by atoms with Crippen molar-refractivity contribution in [2.75, 3.05) is 39.9 Å². The lowest BCUT2D eigenvalue weighted by Crippen LogP contribution is -2.48. The topological polar surface area (TPSA) is 59.1 Å². The minimum Gasteiger partial charge on any atom is -0.496 e. The number of rotatable bonds is 4. The first kappa shape index (κ1) is 20.3. The van der Waals surface area contributed by atoms with Crippen LogP contribution < -0.4 is 4.74 Å². The Labute approximate surface area is 162 Å². The molecule has 8 heteroatoms. The molecule has 1 aromatic carbocycles. The molecule has 2 aliphatic heterocycles. The molecule has 0 N–H and O–H groups in total. The summed E-state index contributed by atoms with van der Waals surface area (Å²) in [6, 6.07) is 1.89. The Hall–Kier alpha value is -2.48. The third-order valence-corrected chi connectivity index (χ3v) is 5.31. The van der Waals surface area contributed by atoms with Crippen LogP contribution in [0.25, 0.3) is 0 Å². The lowest BCUT2D eigenvalue weighted by molar-refractivity contribution is -0.146. The van der Waals surface area contributed by atoms with E-state index in [9.17, 15) is 18.4 Å². The van der Waals surface area contributed by atoms with Gasteiger partial charge in [0.25, 0.3) is 0 Å². The molecule has 2 heterocycles. The summed E-state index contributed by atoms with van der Waals surface area (Å²) in [6.45, 7) is 5.33. The number of halogens is 2. The van der Waals surface area contributed by atoms with E-state index in [2.05, 4.69) is 6.58 Å². The molecule has 2 aliphatic rings. The molecule has 1 atom stereocenters. The summed E-state index contributed by atoms with van der Waals surface area (Å²) in [6.07, 6.45) is 1.71. The number of carbonyl (C=O) groups is 2. The van der Waals surface area contributed by atoms with Crippen LogP contribution in [0.2, 0.25) is 0 Å². The van der Waals surface area contributed by atoms with Gasteiger partial charge in [-0.25, -0.2) is 8.78 Å². The standard InChI is InChI=1S/C20H24F2N2O4/c1-3-18(25)23-6-4-13(5-7-23)20(26)24-8-9-28-17(12-24)19-15(22)10-14(21)11-16(19)27-2/h3,10-11,13,17H,1,4-9,12H2,2H3. The van der Waals surface area contributed by atoms with E-state index in [0.29, 0.717) is 32.5 Å². The lowest BCUT2D eigenvalue weighted by Gasteiger charge is -2.38. The number of nitrogens with zero attached hydrogens (tertiary/aromatic N) is 2. The number of hydrogen-bond donors (Lipinski definition) is 0. The molecule has 0 aromatic heterocycles. The average molecular weight is 394 g/mol. The number of piperidine rings is 1. The molecule has 1 unspecified atom stereocenters. The van der Waals surface area contributed by atoms with Crippen LogP contribution in [0.5, 0.6) is 5.75 Å². The van der Waals surface area contributed by atoms with E-state index in [1.54, 1.807) is 9.80 Å². The minimum absolute atomic E-state index is 0.0273. The molecule has 2 amide bonds. The third kappa shape index (κ3) is 4.16. The number of carbonyl (C=O) groups excluding carboxylic acids is 2. The number of ether oxygens (including phenoxy) is 2. The zero-order valence-electron chi connectivity index (χ0n) is 15.8. The van der Waals surface area contributed by atoms with Gasteiger partial charge in [0.15, 0.2) is 0 Å². The maximum atomic E-state index is 14.4. The van der Waals surface area contributed by atoms with Gasteiger partial charge in [-0.2, -0.15) is 0 Å². The Kier molecular flexibility index (Phi) is 6.28. The first-order chi connectivity index (χ1) is 13.4. The molecule has 0 radical (unpaired) electrons. The van der Waals surface area contributed by atoms with Gasteiger partial charge in [0, 0.05) is 37.7 Å². The summed E-state index contributed by atoms with van der Waals surface area (Å²) in [5.41, 5.74) is 0.118. The monoisotopic (exact) mass is 394 g/mol. The number of amides is 2. The summed E-state index contributed by atoms with van der Waals surface area (Å²) < 4.78 is 38.6. The fraction of sp³-hybridized carbons (Fsp3) is 0.500. The largest absolute Gasteiger partial charge is 0.496 e. The van der Waals surface area contributed by atoms with Crippen LogP contribution in [-0.2, 0) is 14.3 Å². The predicted octanol–water partition coefficient (Wildman–Crippen LogP) is 2.30. The highest BCUT2D eigenvalue weighted by Crippen LogP contribution is 2.34. The Bertz CT molecular complexity index is 763. The van der Waals surface area contributed by atoms with Gasteiger partial charge in [-0.15, -0.1) is 0 Å². The molecular formula is C20H24F2N2O4. The van der Waals surface area contributed by atoms with E-state index in [1.165, 1.54) is 13.2 Å². The molecule has 2 fully saturated rings. The molecule has 152 valence electrons. The van der Waals surface area contributed by atoms with E-state index < -0.39 is 17.7 Å². The van der Waals surface area contributed by atoms with Crippen molar-refractivity contribution in [2.45, 2.75) is 18.9 Å². The maximum absolute atomic E-state index is 14.4. The van der Waals surface area contributed by atoms with Gasteiger partial charge in [-0.1, -0.05) is 6.58 Å². The number of morpholine rings is 1. The Balaban J connectivity index is 1.68. The SMILES string of the molecule is C=CC(=O)N1CCC(C(=O)N2CCOC(c3c(F)cc(F)cc3OC)C2)CC1. The van der Waals surface area contributed by atoms with E-state index >= 15 is 0 Å². The van der Waals surface area contributed by atoms with Crippen LogP contribution >= 0.6 is 0 Å². The first-order valence-electron chi connectivity index (χ1n) is 9.29. The number of likely N-dealkylation sites (tertiary alicyclic amines) is 1. The first-order valence-corrected chi connectivity index (χ1v) is 9.29. The molecule has 1 aromatic rings. The van der Waals surface area contributed by atoms with Crippen LogP contribution in [0.4, 0.5) is 8.78 Å². The number of hydrogen-bond acceptors (Lipinski definition) is 4. The molecule has 6 nitrogen and oxygen atoms in total. The quantitative estimate of drug-likeness (QED) is 0.736. The van der Waals surface area contributed by atoms with E-state index in [0.717, 1.165) is 12.1 Å². The zero-order valence-corrected chi connectivity index (χ0v) is 15.8. The van der Waals surface area contributed by atoms with Crippen molar-refractivity contribution in [3.8, 4) is 5.75 Å². The van der Waals surface area contributed by atoms with Crippen molar-refractivity contribution in [1.82, 2.24) is 9.80 Å². The molecular weight excluding hydrogens is 370 g/mol. The Morgan fingerprint density at radius 2 is 1.93 bits per heavy atom. The van der Waals surface area contributed by atoms with E-state index in [4.69, 9.17) is 9.47 Å². The molecule has 0 saturated carbocycles. The average Bonchev–Trinajstić information content (AvgIpc) is 2.72. The highest BCUT2D eigenvalue weighted by Gasteiger charge is 2.34. The zero-order chi connectivity index (χ0) is 20.3. The van der Waals surface area contributed by atoms with Crippen LogP contribution in [0.1, 0.15) is 24.5 Å². The molecule has 0 aliphatic carbocycles. The van der Waals surface area contributed by atoms with Crippen LogP contribution in [0.15, 0.2) is 24.8 Å². The molecule has 2 saturated heterocycles. The highest BCUT2D eigenvalue weighted by atomic mass is 19.1. The summed E-state index contributed by atoms with van der Waals surface area (Å²) in [7, 11) is 1.34. The van der Waals surface area contributed by atoms with Crippen molar-refractivity contribution in [3.05, 3.63) is 42.0 Å². The second kappa shape index (κ2) is 8.68. The van der Waals surface area contributed by atoms with Crippen molar-refractivity contribution < 1.29 is 27.8 Å². The van der Waals surface area contributed by atoms with Crippen LogP contribution in [-0.4, -0.2) is 61.5 Å². The normalized spacial score (nSPS) is 20.8. The summed E-state index contributed by atoms with van der Waals surface area (Å²) in [5, 5.41) is 0. The second-order valence-corrected chi connectivity index (χ2v) is 6.95. The second-order valence-electron chi connectivity index (χ2n) is 6.95. The number of benzene rings is 1. The van der Waals surface area contributed by atoms with Gasteiger partial charge in [0.1, 0.15) is 23.5 Å². The molecule has 3 rings (SSSR count). The minimum atomic E-state index is -0.757. The van der Waals surface area contributed by atoms with Gasteiger partial charge in [0.2, 0.25) is 11.8 Å².